The predicted octanol–water partition coefficient (Wildman–Crippen LogP) is 4.63. The standard InChI is InChI=1S/C29H41N3O4S/c1-21-12-14-25(15-13-21)20-31(24(4)29(34)30-26-9-6-7-10-26)28(33)11-8-16-32(37(5,35)36)27-18-22(2)17-23(3)19-27/h12-15,17-19,24,26H,6-11,16,20H2,1-5H3,(H,30,34). The van der Waals surface area contributed by atoms with Gasteiger partial charge in [0, 0.05) is 25.6 Å². The summed E-state index contributed by atoms with van der Waals surface area (Å²) in [5, 5.41) is 3.11. The van der Waals surface area contributed by atoms with E-state index in [0.29, 0.717) is 18.7 Å². The Labute approximate surface area is 222 Å². The topological polar surface area (TPSA) is 86.8 Å². The molecule has 37 heavy (non-hydrogen) atoms. The minimum absolute atomic E-state index is 0.139. The van der Waals surface area contributed by atoms with Gasteiger partial charge < -0.3 is 10.2 Å². The Kier molecular flexibility index (Phi) is 9.76. The van der Waals surface area contributed by atoms with Gasteiger partial charge in [-0.1, -0.05) is 48.7 Å². The van der Waals surface area contributed by atoms with E-state index in [-0.39, 0.29) is 30.8 Å². The molecule has 1 saturated carbocycles. The van der Waals surface area contributed by atoms with Crippen LogP contribution in [0.25, 0.3) is 0 Å². The number of carbonyl (C=O) groups is 2. The highest BCUT2D eigenvalue weighted by atomic mass is 32.2. The SMILES string of the molecule is Cc1ccc(CN(C(=O)CCCN(c2cc(C)cc(C)c2)S(C)(=O)=O)C(C)C(=O)NC2CCCC2)cc1. The molecule has 8 heteroatoms. The number of rotatable bonds is 11. The van der Waals surface area contributed by atoms with Gasteiger partial charge in [-0.15, -0.1) is 0 Å². The van der Waals surface area contributed by atoms with Gasteiger partial charge in [0.1, 0.15) is 6.04 Å². The second-order valence-corrected chi connectivity index (χ2v) is 12.4. The second kappa shape index (κ2) is 12.6. The van der Waals surface area contributed by atoms with Crippen molar-refractivity contribution < 1.29 is 18.0 Å². The van der Waals surface area contributed by atoms with Crippen LogP contribution in [0.15, 0.2) is 42.5 Å². The molecule has 2 aromatic carbocycles. The van der Waals surface area contributed by atoms with Gasteiger partial charge in [-0.3, -0.25) is 13.9 Å². The van der Waals surface area contributed by atoms with E-state index in [1.807, 2.05) is 63.2 Å². The van der Waals surface area contributed by atoms with Crippen LogP contribution in [0, 0.1) is 20.8 Å². The maximum atomic E-state index is 13.5. The first-order valence-electron chi connectivity index (χ1n) is 13.2. The fourth-order valence-electron chi connectivity index (χ4n) is 4.96. The number of hydrogen-bond acceptors (Lipinski definition) is 4. The van der Waals surface area contributed by atoms with E-state index in [4.69, 9.17) is 0 Å². The second-order valence-electron chi connectivity index (χ2n) is 10.5. The van der Waals surface area contributed by atoms with E-state index in [0.717, 1.165) is 47.9 Å². The lowest BCUT2D eigenvalue weighted by atomic mass is 10.1. The first-order chi connectivity index (χ1) is 17.4. The van der Waals surface area contributed by atoms with Crippen molar-refractivity contribution in [3.63, 3.8) is 0 Å². The fourth-order valence-corrected chi connectivity index (χ4v) is 5.91. The van der Waals surface area contributed by atoms with Crippen molar-refractivity contribution in [2.75, 3.05) is 17.1 Å². The number of carbonyl (C=O) groups excluding carboxylic acids is 2. The zero-order valence-corrected chi connectivity index (χ0v) is 23.6. The van der Waals surface area contributed by atoms with E-state index in [9.17, 15) is 18.0 Å². The third-order valence-electron chi connectivity index (χ3n) is 6.99. The first-order valence-corrected chi connectivity index (χ1v) is 15.0. The Balaban J connectivity index is 1.73. The van der Waals surface area contributed by atoms with Crippen LogP contribution >= 0.6 is 0 Å². The Morgan fingerprint density at radius 2 is 1.57 bits per heavy atom. The highest BCUT2D eigenvalue weighted by Crippen LogP contribution is 2.23. The summed E-state index contributed by atoms with van der Waals surface area (Å²) in [7, 11) is -3.52. The van der Waals surface area contributed by atoms with Crippen molar-refractivity contribution in [2.45, 2.75) is 84.8 Å². The summed E-state index contributed by atoms with van der Waals surface area (Å²) in [4.78, 5) is 28.1. The number of nitrogens with zero attached hydrogens (tertiary/aromatic N) is 2. The third-order valence-corrected chi connectivity index (χ3v) is 8.18. The summed E-state index contributed by atoms with van der Waals surface area (Å²) in [5.74, 6) is -0.302. The van der Waals surface area contributed by atoms with Gasteiger partial charge in [0.25, 0.3) is 0 Å². The number of benzene rings is 2. The maximum absolute atomic E-state index is 13.5. The Bertz CT molecular complexity index is 1170. The summed E-state index contributed by atoms with van der Waals surface area (Å²) in [6.07, 6.45) is 5.86. The van der Waals surface area contributed by atoms with Crippen LogP contribution in [0.5, 0.6) is 0 Å². The van der Waals surface area contributed by atoms with Crippen LogP contribution in [0.1, 0.15) is 67.7 Å². The molecule has 0 saturated heterocycles. The Morgan fingerprint density at radius 3 is 2.14 bits per heavy atom. The largest absolute Gasteiger partial charge is 0.352 e. The van der Waals surface area contributed by atoms with E-state index < -0.39 is 16.1 Å². The smallest absolute Gasteiger partial charge is 0.242 e. The van der Waals surface area contributed by atoms with Crippen molar-refractivity contribution in [3.05, 3.63) is 64.7 Å². The molecule has 0 spiro atoms. The van der Waals surface area contributed by atoms with Crippen LogP contribution in [0.3, 0.4) is 0 Å². The molecule has 0 aromatic heterocycles. The van der Waals surface area contributed by atoms with Crippen LogP contribution in [0.4, 0.5) is 5.69 Å². The summed E-state index contributed by atoms with van der Waals surface area (Å²) in [6.45, 7) is 8.16. The van der Waals surface area contributed by atoms with Crippen molar-refractivity contribution in [2.24, 2.45) is 0 Å². The molecule has 7 nitrogen and oxygen atoms in total. The van der Waals surface area contributed by atoms with Gasteiger partial charge in [-0.05, 0) is 75.8 Å². The van der Waals surface area contributed by atoms with Gasteiger partial charge >= 0.3 is 0 Å². The number of anilines is 1. The molecule has 0 heterocycles. The lowest BCUT2D eigenvalue weighted by molar-refractivity contribution is -0.141. The van der Waals surface area contributed by atoms with Crippen molar-refractivity contribution in [1.82, 2.24) is 10.2 Å². The molecule has 1 atom stereocenters. The number of aryl methyl sites for hydroxylation is 3. The molecule has 3 rings (SSSR count). The van der Waals surface area contributed by atoms with E-state index in [2.05, 4.69) is 5.32 Å². The fraction of sp³-hybridized carbons (Fsp3) is 0.517. The molecule has 1 aliphatic rings. The van der Waals surface area contributed by atoms with Gasteiger partial charge in [0.2, 0.25) is 21.8 Å². The Morgan fingerprint density at radius 1 is 0.973 bits per heavy atom. The molecule has 0 radical (unpaired) electrons. The van der Waals surface area contributed by atoms with Crippen LogP contribution < -0.4 is 9.62 Å². The maximum Gasteiger partial charge on any atom is 0.242 e. The zero-order chi connectivity index (χ0) is 27.2. The van der Waals surface area contributed by atoms with Crippen molar-refractivity contribution >= 4 is 27.5 Å². The number of nitrogens with one attached hydrogen (secondary N) is 1. The average molecular weight is 528 g/mol. The van der Waals surface area contributed by atoms with Crippen LogP contribution in [-0.4, -0.2) is 50.0 Å². The molecule has 1 N–H and O–H groups in total. The van der Waals surface area contributed by atoms with Gasteiger partial charge in [0.05, 0.1) is 11.9 Å². The van der Waals surface area contributed by atoms with Gasteiger partial charge in [0.15, 0.2) is 0 Å². The Hall–Kier alpha value is -2.87. The van der Waals surface area contributed by atoms with Crippen LogP contribution in [0.2, 0.25) is 0 Å². The summed E-state index contributed by atoms with van der Waals surface area (Å²) < 4.78 is 26.5. The molecule has 0 aliphatic heterocycles. The average Bonchev–Trinajstić information content (AvgIpc) is 3.32. The number of amides is 2. The summed E-state index contributed by atoms with van der Waals surface area (Å²) in [6, 6.07) is 13.2. The molecule has 1 fully saturated rings. The normalized spacial score (nSPS) is 14.8. The number of sulfonamides is 1. The molecule has 1 aliphatic carbocycles. The molecule has 1 unspecified atom stereocenters. The predicted molar refractivity (Wildman–Crippen MR) is 149 cm³/mol. The highest BCUT2D eigenvalue weighted by molar-refractivity contribution is 7.92. The van der Waals surface area contributed by atoms with Crippen molar-refractivity contribution in [3.8, 4) is 0 Å². The zero-order valence-electron chi connectivity index (χ0n) is 22.8. The quantitative estimate of drug-likeness (QED) is 0.461. The van der Waals surface area contributed by atoms with E-state index >= 15 is 0 Å². The lowest BCUT2D eigenvalue weighted by Gasteiger charge is -2.30. The third kappa shape index (κ3) is 8.32. The summed E-state index contributed by atoms with van der Waals surface area (Å²) in [5.41, 5.74) is 4.64. The summed E-state index contributed by atoms with van der Waals surface area (Å²) >= 11 is 0. The minimum Gasteiger partial charge on any atom is -0.352 e. The first kappa shape index (κ1) is 28.7. The molecule has 202 valence electrons. The minimum atomic E-state index is -3.52. The van der Waals surface area contributed by atoms with Gasteiger partial charge in [-0.25, -0.2) is 8.42 Å². The molecular weight excluding hydrogens is 486 g/mol. The van der Waals surface area contributed by atoms with Crippen molar-refractivity contribution in [1.29, 1.82) is 0 Å². The molecule has 2 aromatic rings. The molecular formula is C29H41N3O4S. The molecule has 2 amide bonds. The van der Waals surface area contributed by atoms with Crippen LogP contribution in [-0.2, 0) is 26.2 Å². The van der Waals surface area contributed by atoms with E-state index in [1.54, 1.807) is 11.8 Å². The number of hydrogen-bond donors (Lipinski definition) is 1. The molecule has 0 bridgehead atoms. The highest BCUT2D eigenvalue weighted by Gasteiger charge is 2.28. The van der Waals surface area contributed by atoms with Gasteiger partial charge in [-0.2, -0.15) is 0 Å². The van der Waals surface area contributed by atoms with E-state index in [1.165, 1.54) is 10.6 Å². The monoisotopic (exact) mass is 527 g/mol. The lowest BCUT2D eigenvalue weighted by Crippen LogP contribution is -2.49.